The van der Waals surface area contributed by atoms with Crippen molar-refractivity contribution in [3.05, 3.63) is 5.82 Å². The molecule has 1 aliphatic rings. The molecule has 0 atom stereocenters. The van der Waals surface area contributed by atoms with Crippen LogP contribution in [0.4, 0.5) is 0 Å². The average Bonchev–Trinajstić information content (AvgIpc) is 2.82. The van der Waals surface area contributed by atoms with Gasteiger partial charge in [-0.2, -0.15) is 4.80 Å². The molecule has 1 aromatic rings. The van der Waals surface area contributed by atoms with Gasteiger partial charge in [0, 0.05) is 26.2 Å². The summed E-state index contributed by atoms with van der Waals surface area (Å²) in [5.74, 6) is 0.818. The number of rotatable bonds is 7. The average molecular weight is 267 g/mol. The van der Waals surface area contributed by atoms with Crippen LogP contribution in [-0.4, -0.2) is 69.3 Å². The summed E-state index contributed by atoms with van der Waals surface area (Å²) in [5, 5.41) is 12.1. The maximum atomic E-state index is 5.50. The Kier molecular flexibility index (Phi) is 5.68. The van der Waals surface area contributed by atoms with Crippen LogP contribution in [-0.2, 0) is 13.6 Å². The molecule has 7 nitrogen and oxygen atoms in total. The van der Waals surface area contributed by atoms with Gasteiger partial charge >= 0.3 is 0 Å². The highest BCUT2D eigenvalue weighted by molar-refractivity contribution is 4.80. The number of hydrogen-bond donors (Lipinski definition) is 1. The standard InChI is InChI=1S/C12H25N7/c1-17-15-12(14-16-17)11-19-9-7-18(8-10-19)6-4-2-3-5-13/h2-11,13H2,1H3. The van der Waals surface area contributed by atoms with Crippen molar-refractivity contribution in [1.29, 1.82) is 0 Å². The Bertz CT molecular complexity index is 357. The third-order valence-electron chi connectivity index (χ3n) is 3.56. The summed E-state index contributed by atoms with van der Waals surface area (Å²) in [7, 11) is 1.80. The Morgan fingerprint density at radius 1 is 1.05 bits per heavy atom. The van der Waals surface area contributed by atoms with Gasteiger partial charge in [-0.05, 0) is 31.1 Å². The number of nitrogens with zero attached hydrogens (tertiary/aromatic N) is 6. The van der Waals surface area contributed by atoms with E-state index in [1.807, 2.05) is 0 Å². The largest absolute Gasteiger partial charge is 0.330 e. The second kappa shape index (κ2) is 7.52. The van der Waals surface area contributed by atoms with Gasteiger partial charge in [0.25, 0.3) is 0 Å². The van der Waals surface area contributed by atoms with Crippen LogP contribution in [0.2, 0.25) is 0 Å². The van der Waals surface area contributed by atoms with Crippen LogP contribution >= 0.6 is 0 Å². The molecule has 2 heterocycles. The summed E-state index contributed by atoms with van der Waals surface area (Å²) in [6, 6.07) is 0. The number of aromatic nitrogens is 4. The van der Waals surface area contributed by atoms with E-state index < -0.39 is 0 Å². The lowest BCUT2D eigenvalue weighted by atomic mass is 10.2. The third kappa shape index (κ3) is 4.85. The van der Waals surface area contributed by atoms with E-state index in [4.69, 9.17) is 5.73 Å². The fourth-order valence-corrected chi connectivity index (χ4v) is 2.41. The quantitative estimate of drug-likeness (QED) is 0.669. The normalized spacial score (nSPS) is 18.0. The number of nitrogens with two attached hydrogens (primary N) is 1. The maximum absolute atomic E-state index is 5.50. The van der Waals surface area contributed by atoms with Gasteiger partial charge in [-0.3, -0.25) is 4.90 Å². The van der Waals surface area contributed by atoms with Crippen molar-refractivity contribution in [2.24, 2.45) is 12.8 Å². The summed E-state index contributed by atoms with van der Waals surface area (Å²) in [4.78, 5) is 6.45. The van der Waals surface area contributed by atoms with Crippen LogP contribution in [0.5, 0.6) is 0 Å². The van der Waals surface area contributed by atoms with Crippen LogP contribution < -0.4 is 5.73 Å². The smallest absolute Gasteiger partial charge is 0.188 e. The molecule has 1 saturated heterocycles. The highest BCUT2D eigenvalue weighted by atomic mass is 15.6. The van der Waals surface area contributed by atoms with Crippen molar-refractivity contribution in [3.8, 4) is 0 Å². The second-order valence-electron chi connectivity index (χ2n) is 5.16. The van der Waals surface area contributed by atoms with Crippen molar-refractivity contribution < 1.29 is 0 Å². The van der Waals surface area contributed by atoms with Gasteiger partial charge in [-0.1, -0.05) is 6.42 Å². The molecule has 0 spiro atoms. The highest BCUT2D eigenvalue weighted by Gasteiger charge is 2.17. The van der Waals surface area contributed by atoms with Crippen molar-refractivity contribution in [2.45, 2.75) is 25.8 Å². The molecule has 7 heteroatoms. The number of unbranched alkanes of at least 4 members (excludes halogenated alkanes) is 2. The van der Waals surface area contributed by atoms with Crippen molar-refractivity contribution in [1.82, 2.24) is 30.0 Å². The van der Waals surface area contributed by atoms with Crippen LogP contribution in [0, 0.1) is 0 Å². The molecule has 108 valence electrons. The van der Waals surface area contributed by atoms with Crippen molar-refractivity contribution in [3.63, 3.8) is 0 Å². The highest BCUT2D eigenvalue weighted by Crippen LogP contribution is 2.06. The molecule has 2 rings (SSSR count). The Morgan fingerprint density at radius 2 is 1.79 bits per heavy atom. The molecular formula is C12H25N7. The third-order valence-corrected chi connectivity index (χ3v) is 3.56. The molecule has 1 aliphatic heterocycles. The summed E-state index contributed by atoms with van der Waals surface area (Å²) in [6.07, 6.45) is 3.67. The van der Waals surface area contributed by atoms with Crippen LogP contribution in [0.25, 0.3) is 0 Å². The minimum absolute atomic E-state index is 0.814. The van der Waals surface area contributed by atoms with Crippen LogP contribution in [0.1, 0.15) is 25.1 Å². The lowest BCUT2D eigenvalue weighted by Crippen LogP contribution is -2.46. The molecule has 0 aliphatic carbocycles. The first-order valence-electron chi connectivity index (χ1n) is 7.15. The van der Waals surface area contributed by atoms with E-state index in [1.54, 1.807) is 7.05 Å². The summed E-state index contributed by atoms with van der Waals surface area (Å²) >= 11 is 0. The number of hydrogen-bond acceptors (Lipinski definition) is 6. The molecule has 0 aromatic carbocycles. The zero-order valence-electron chi connectivity index (χ0n) is 11.8. The molecule has 1 fully saturated rings. The van der Waals surface area contributed by atoms with Gasteiger partial charge in [-0.15, -0.1) is 10.2 Å². The first kappa shape index (κ1) is 14.4. The maximum Gasteiger partial charge on any atom is 0.188 e. The number of piperazine rings is 1. The zero-order chi connectivity index (χ0) is 13.5. The Hall–Kier alpha value is -1.05. The van der Waals surface area contributed by atoms with Crippen molar-refractivity contribution >= 4 is 0 Å². The summed E-state index contributed by atoms with van der Waals surface area (Å²) in [5.41, 5.74) is 5.50. The van der Waals surface area contributed by atoms with Gasteiger partial charge in [0.05, 0.1) is 13.6 Å². The first-order chi connectivity index (χ1) is 9.28. The molecule has 1 aromatic heterocycles. The lowest BCUT2D eigenvalue weighted by Gasteiger charge is -2.34. The molecule has 0 unspecified atom stereocenters. The van der Waals surface area contributed by atoms with E-state index in [9.17, 15) is 0 Å². The molecule has 2 N–H and O–H groups in total. The van der Waals surface area contributed by atoms with E-state index in [0.29, 0.717) is 0 Å². The zero-order valence-corrected chi connectivity index (χ0v) is 11.8. The molecule has 0 bridgehead atoms. The monoisotopic (exact) mass is 267 g/mol. The van der Waals surface area contributed by atoms with Crippen molar-refractivity contribution in [2.75, 3.05) is 39.3 Å². The summed E-state index contributed by atoms with van der Waals surface area (Å²) < 4.78 is 0. The Balaban J connectivity index is 1.62. The van der Waals surface area contributed by atoms with E-state index in [1.165, 1.54) is 24.2 Å². The predicted octanol–water partition coefficient (Wildman–Crippen LogP) is -0.543. The first-order valence-corrected chi connectivity index (χ1v) is 7.15. The lowest BCUT2D eigenvalue weighted by molar-refractivity contribution is 0.123. The molecule has 0 amide bonds. The molecule has 0 radical (unpaired) electrons. The summed E-state index contributed by atoms with van der Waals surface area (Å²) in [6.45, 7) is 7.31. The SMILES string of the molecule is Cn1nnc(CN2CCN(CCCCCN)CC2)n1. The number of tetrazole rings is 1. The minimum atomic E-state index is 0.814. The molecule has 0 saturated carbocycles. The predicted molar refractivity (Wildman–Crippen MR) is 73.4 cm³/mol. The number of aryl methyl sites for hydroxylation is 1. The minimum Gasteiger partial charge on any atom is -0.330 e. The Morgan fingerprint density at radius 3 is 2.42 bits per heavy atom. The molecular weight excluding hydrogens is 242 g/mol. The van der Waals surface area contributed by atoms with E-state index >= 15 is 0 Å². The van der Waals surface area contributed by atoms with Crippen LogP contribution in [0.15, 0.2) is 0 Å². The van der Waals surface area contributed by atoms with E-state index in [-0.39, 0.29) is 0 Å². The topological polar surface area (TPSA) is 76.1 Å². The Labute approximate surface area is 114 Å². The fourth-order valence-electron chi connectivity index (χ4n) is 2.41. The van der Waals surface area contributed by atoms with Gasteiger partial charge < -0.3 is 10.6 Å². The van der Waals surface area contributed by atoms with Gasteiger partial charge in [0.15, 0.2) is 5.82 Å². The second-order valence-corrected chi connectivity index (χ2v) is 5.16. The van der Waals surface area contributed by atoms with E-state index in [2.05, 4.69) is 25.2 Å². The van der Waals surface area contributed by atoms with Gasteiger partial charge in [0.2, 0.25) is 0 Å². The fraction of sp³-hybridized carbons (Fsp3) is 0.917. The molecule has 19 heavy (non-hydrogen) atoms. The van der Waals surface area contributed by atoms with Gasteiger partial charge in [-0.25, -0.2) is 0 Å². The van der Waals surface area contributed by atoms with E-state index in [0.717, 1.165) is 51.5 Å². The van der Waals surface area contributed by atoms with Gasteiger partial charge in [0.1, 0.15) is 0 Å². The van der Waals surface area contributed by atoms with Crippen LogP contribution in [0.3, 0.4) is 0 Å².